The molecule has 1 amide bonds. The lowest BCUT2D eigenvalue weighted by atomic mass is 10.1. The van der Waals surface area contributed by atoms with Gasteiger partial charge in [-0.2, -0.15) is 0 Å². The largest absolute Gasteiger partial charge is 0.337 e. The Morgan fingerprint density at radius 2 is 2.00 bits per heavy atom. The van der Waals surface area contributed by atoms with Gasteiger partial charge in [0.1, 0.15) is 11.9 Å². The van der Waals surface area contributed by atoms with Crippen molar-refractivity contribution in [2.45, 2.75) is 19.0 Å². The van der Waals surface area contributed by atoms with Crippen LogP contribution in [0.2, 0.25) is 0 Å². The van der Waals surface area contributed by atoms with Gasteiger partial charge in [0.15, 0.2) is 0 Å². The van der Waals surface area contributed by atoms with Crippen LogP contribution in [-0.4, -0.2) is 17.9 Å². The lowest BCUT2D eigenvalue weighted by molar-refractivity contribution is -0.133. The normalized spacial score (nSPS) is 13.8. The summed E-state index contributed by atoms with van der Waals surface area (Å²) in [5.74, 6) is -0.535. The number of carbonyl (C=O) groups is 1. The number of nitrogens with zero attached hydrogens (tertiary/aromatic N) is 1. The van der Waals surface area contributed by atoms with Crippen LogP contribution in [0.3, 0.4) is 0 Å². The number of rotatable bonds is 4. The topological polar surface area (TPSA) is 46.3 Å². The zero-order valence-corrected chi connectivity index (χ0v) is 12.2. The molecule has 0 aliphatic heterocycles. The van der Waals surface area contributed by atoms with E-state index in [-0.39, 0.29) is 17.8 Å². The summed E-state index contributed by atoms with van der Waals surface area (Å²) >= 11 is 1.44. The maximum absolute atomic E-state index is 13.8. The minimum Gasteiger partial charge on any atom is -0.337 e. The summed E-state index contributed by atoms with van der Waals surface area (Å²) in [6, 6.07) is 9.08. The van der Waals surface area contributed by atoms with Crippen LogP contribution >= 0.6 is 11.3 Å². The molecule has 2 rings (SSSR count). The molecule has 20 heavy (non-hydrogen) atoms. The molecule has 0 bridgehead atoms. The van der Waals surface area contributed by atoms with Gasteiger partial charge in [0.05, 0.1) is 6.04 Å². The molecule has 2 unspecified atom stereocenters. The van der Waals surface area contributed by atoms with Crippen LogP contribution in [0.15, 0.2) is 41.8 Å². The Kier molecular flexibility index (Phi) is 4.52. The molecule has 106 valence electrons. The van der Waals surface area contributed by atoms with Gasteiger partial charge < -0.3 is 10.6 Å². The molecule has 0 spiro atoms. The predicted molar refractivity (Wildman–Crippen MR) is 78.8 cm³/mol. The molecule has 0 saturated heterocycles. The fourth-order valence-corrected chi connectivity index (χ4v) is 2.74. The molecular weight excluding hydrogens is 275 g/mol. The summed E-state index contributed by atoms with van der Waals surface area (Å²) in [7, 11) is 1.65. The van der Waals surface area contributed by atoms with Crippen molar-refractivity contribution in [3.8, 4) is 0 Å². The average Bonchev–Trinajstić information content (AvgIpc) is 2.99. The second kappa shape index (κ2) is 6.15. The van der Waals surface area contributed by atoms with E-state index in [0.29, 0.717) is 5.56 Å². The minimum absolute atomic E-state index is 0.219. The first kappa shape index (κ1) is 14.7. The Labute approximate surface area is 121 Å². The van der Waals surface area contributed by atoms with Crippen LogP contribution in [0.25, 0.3) is 0 Å². The van der Waals surface area contributed by atoms with Crippen LogP contribution in [0.4, 0.5) is 4.39 Å². The SMILES string of the molecule is CC(c1ccccc1F)N(C)C(=O)C(N)c1cccs1. The van der Waals surface area contributed by atoms with Crippen molar-refractivity contribution < 1.29 is 9.18 Å². The zero-order valence-electron chi connectivity index (χ0n) is 11.4. The number of amides is 1. The zero-order chi connectivity index (χ0) is 14.7. The standard InChI is InChI=1S/C15H17FN2OS/c1-10(11-6-3-4-7-12(11)16)18(2)15(19)14(17)13-8-5-9-20-13/h3-10,14H,17H2,1-2H3. The summed E-state index contributed by atoms with van der Waals surface area (Å²) in [6.45, 7) is 1.79. The number of hydrogen-bond donors (Lipinski definition) is 1. The maximum atomic E-state index is 13.8. The highest BCUT2D eigenvalue weighted by atomic mass is 32.1. The van der Waals surface area contributed by atoms with E-state index >= 15 is 0 Å². The lowest BCUT2D eigenvalue weighted by Gasteiger charge is -2.27. The fourth-order valence-electron chi connectivity index (χ4n) is 2.02. The van der Waals surface area contributed by atoms with Gasteiger partial charge in [-0.05, 0) is 24.4 Å². The smallest absolute Gasteiger partial charge is 0.245 e. The van der Waals surface area contributed by atoms with Crippen molar-refractivity contribution in [3.05, 3.63) is 58.0 Å². The second-order valence-electron chi connectivity index (χ2n) is 4.64. The monoisotopic (exact) mass is 292 g/mol. The average molecular weight is 292 g/mol. The molecule has 2 atom stereocenters. The molecule has 0 saturated carbocycles. The minimum atomic E-state index is -0.700. The van der Waals surface area contributed by atoms with Crippen LogP contribution in [0.5, 0.6) is 0 Å². The predicted octanol–water partition coefficient (Wildman–Crippen LogP) is 3.11. The van der Waals surface area contributed by atoms with Gasteiger partial charge in [0.2, 0.25) is 5.91 Å². The molecule has 1 aromatic heterocycles. The third-order valence-corrected chi connectivity index (χ3v) is 4.36. The molecule has 2 aromatic rings. The van der Waals surface area contributed by atoms with Gasteiger partial charge in [-0.15, -0.1) is 11.3 Å². The third kappa shape index (κ3) is 2.89. The van der Waals surface area contributed by atoms with E-state index in [1.807, 2.05) is 17.5 Å². The molecule has 5 heteroatoms. The van der Waals surface area contributed by atoms with Gasteiger partial charge in [-0.1, -0.05) is 24.3 Å². The Morgan fingerprint density at radius 1 is 1.30 bits per heavy atom. The van der Waals surface area contributed by atoms with Crippen LogP contribution < -0.4 is 5.73 Å². The summed E-state index contributed by atoms with van der Waals surface area (Å²) in [5, 5.41) is 1.88. The number of nitrogens with two attached hydrogens (primary N) is 1. The quantitative estimate of drug-likeness (QED) is 0.941. The molecule has 0 radical (unpaired) electrons. The van der Waals surface area contributed by atoms with Gasteiger partial charge in [0.25, 0.3) is 0 Å². The number of likely N-dealkylation sites (N-methyl/N-ethyl adjacent to an activating group) is 1. The van der Waals surface area contributed by atoms with Gasteiger partial charge in [0, 0.05) is 17.5 Å². The molecule has 3 nitrogen and oxygen atoms in total. The molecule has 0 aliphatic rings. The van der Waals surface area contributed by atoms with E-state index in [1.54, 1.807) is 32.2 Å². The molecule has 0 fully saturated rings. The first-order valence-electron chi connectivity index (χ1n) is 6.32. The molecule has 2 N–H and O–H groups in total. The van der Waals surface area contributed by atoms with E-state index in [1.165, 1.54) is 22.3 Å². The van der Waals surface area contributed by atoms with E-state index in [4.69, 9.17) is 5.73 Å². The molecule has 0 aliphatic carbocycles. The van der Waals surface area contributed by atoms with Crippen molar-refractivity contribution in [2.24, 2.45) is 5.73 Å². The molecular formula is C15H17FN2OS. The second-order valence-corrected chi connectivity index (χ2v) is 5.62. The van der Waals surface area contributed by atoms with E-state index in [9.17, 15) is 9.18 Å². The first-order chi connectivity index (χ1) is 9.52. The van der Waals surface area contributed by atoms with Crippen molar-refractivity contribution in [1.82, 2.24) is 4.90 Å². The highest BCUT2D eigenvalue weighted by molar-refractivity contribution is 7.10. The van der Waals surface area contributed by atoms with E-state index in [2.05, 4.69) is 0 Å². The Morgan fingerprint density at radius 3 is 2.60 bits per heavy atom. The van der Waals surface area contributed by atoms with Gasteiger partial charge >= 0.3 is 0 Å². The van der Waals surface area contributed by atoms with Gasteiger partial charge in [-0.3, -0.25) is 4.79 Å². The number of carbonyl (C=O) groups excluding carboxylic acids is 1. The third-order valence-electron chi connectivity index (χ3n) is 3.40. The van der Waals surface area contributed by atoms with Crippen LogP contribution in [0, 0.1) is 5.82 Å². The fraction of sp³-hybridized carbons (Fsp3) is 0.267. The van der Waals surface area contributed by atoms with Crippen molar-refractivity contribution in [2.75, 3.05) is 7.05 Å². The van der Waals surface area contributed by atoms with E-state index < -0.39 is 6.04 Å². The van der Waals surface area contributed by atoms with Crippen molar-refractivity contribution in [1.29, 1.82) is 0 Å². The maximum Gasteiger partial charge on any atom is 0.245 e. The van der Waals surface area contributed by atoms with Crippen molar-refractivity contribution >= 4 is 17.2 Å². The Balaban J connectivity index is 2.16. The highest BCUT2D eigenvalue weighted by Gasteiger charge is 2.25. The summed E-state index contributed by atoms with van der Waals surface area (Å²) in [5.41, 5.74) is 6.45. The number of benzene rings is 1. The lowest BCUT2D eigenvalue weighted by Crippen LogP contribution is -2.37. The first-order valence-corrected chi connectivity index (χ1v) is 7.20. The van der Waals surface area contributed by atoms with E-state index in [0.717, 1.165) is 4.88 Å². The highest BCUT2D eigenvalue weighted by Crippen LogP contribution is 2.25. The summed E-state index contributed by atoms with van der Waals surface area (Å²) in [4.78, 5) is 14.6. The number of thiophene rings is 1. The van der Waals surface area contributed by atoms with Gasteiger partial charge in [-0.25, -0.2) is 4.39 Å². The Bertz CT molecular complexity index is 585. The van der Waals surface area contributed by atoms with Crippen LogP contribution in [-0.2, 0) is 4.79 Å². The summed E-state index contributed by atoms with van der Waals surface area (Å²) in [6.07, 6.45) is 0. The number of halogens is 1. The molecule has 1 heterocycles. The Hall–Kier alpha value is -1.72. The van der Waals surface area contributed by atoms with Crippen molar-refractivity contribution in [3.63, 3.8) is 0 Å². The molecule has 1 aromatic carbocycles. The number of hydrogen-bond acceptors (Lipinski definition) is 3. The van der Waals surface area contributed by atoms with Crippen LogP contribution in [0.1, 0.15) is 29.4 Å². The summed E-state index contributed by atoms with van der Waals surface area (Å²) < 4.78 is 13.8.